The number of hydrogen-bond donors (Lipinski definition) is 6. The Morgan fingerprint density at radius 2 is 1.79 bits per heavy atom. The smallest absolute Gasteiger partial charge is 0.551 e. The third kappa shape index (κ3) is 16.7. The third-order valence-electron chi connectivity index (χ3n) is 8.75. The number of benzene rings is 2. The number of piperidine rings is 1. The van der Waals surface area contributed by atoms with Crippen LogP contribution < -0.4 is 135 Å². The van der Waals surface area contributed by atoms with E-state index in [1.54, 1.807) is 41.6 Å². The number of hydrogen-bond acceptors (Lipinski definition) is 12. The number of aromatic nitrogens is 2. The fourth-order valence-corrected chi connectivity index (χ4v) is 6.34. The molecule has 0 spiro atoms. The Labute approximate surface area is 412 Å². The van der Waals surface area contributed by atoms with Crippen LogP contribution in [0.3, 0.4) is 0 Å². The summed E-state index contributed by atoms with van der Waals surface area (Å²) in [6.07, 6.45) is 12.1. The normalized spacial score (nSPS) is 18.1. The number of allylic oxidation sites excluding steroid dienone is 2. The monoisotopic (exact) mass is 918 g/mol. The van der Waals surface area contributed by atoms with Crippen LogP contribution in [0.2, 0.25) is 0 Å². The van der Waals surface area contributed by atoms with Gasteiger partial charge in [0.15, 0.2) is 0 Å². The zero-order valence-corrected chi connectivity index (χ0v) is 41.9. The van der Waals surface area contributed by atoms with Gasteiger partial charge in [-0.3, -0.25) is 14.5 Å². The average Bonchev–Trinajstić information content (AvgIpc) is 3.61. The first kappa shape index (κ1) is 52.0. The van der Waals surface area contributed by atoms with E-state index in [0.717, 1.165) is 31.1 Å². The zero-order chi connectivity index (χ0) is 38.3. The van der Waals surface area contributed by atoms with E-state index in [2.05, 4.69) is 35.2 Å². The summed E-state index contributed by atoms with van der Waals surface area (Å²) in [6.45, 7) is 8.09. The number of piperazine rings is 1. The van der Waals surface area contributed by atoms with E-state index in [1.165, 1.54) is 30.0 Å². The van der Waals surface area contributed by atoms with Crippen molar-refractivity contribution in [2.75, 3.05) is 31.1 Å². The molecule has 2 aromatic carbocycles. The number of amides is 3. The van der Waals surface area contributed by atoms with E-state index in [4.69, 9.17) is 26.5 Å². The summed E-state index contributed by atoms with van der Waals surface area (Å²) in [4.78, 5) is 56.2. The molecule has 0 atom stereocenters. The van der Waals surface area contributed by atoms with Crippen LogP contribution in [-0.2, 0) is 14.4 Å². The topological polar surface area (TPSA) is 225 Å². The van der Waals surface area contributed by atoms with E-state index in [0.29, 0.717) is 55.5 Å². The molecular formula is C38H51CsN8NaO7P-2. The second-order valence-corrected chi connectivity index (χ2v) is 13.3. The van der Waals surface area contributed by atoms with E-state index < -0.39 is 8.60 Å². The van der Waals surface area contributed by atoms with Crippen molar-refractivity contribution >= 4 is 43.4 Å². The van der Waals surface area contributed by atoms with Crippen molar-refractivity contribution in [3.63, 3.8) is 0 Å². The molecule has 1 aliphatic carbocycles. The number of rotatable bonds is 9. The number of nitrogens with zero attached hydrogens (tertiary/aromatic N) is 4. The molecule has 1 aromatic heterocycles. The molecular weight excluding hydrogens is 867 g/mol. The quantitative estimate of drug-likeness (QED) is 0.0432. The number of nitrogens with two attached hydrogens (primary N) is 3. The van der Waals surface area contributed by atoms with E-state index >= 15 is 0 Å². The van der Waals surface area contributed by atoms with Gasteiger partial charge in [0.05, 0.1) is 30.5 Å². The fourth-order valence-electron chi connectivity index (χ4n) is 6.01. The molecule has 3 amide bonds. The minimum absolute atomic E-state index is 0. The molecule has 9 N–H and O–H groups in total. The summed E-state index contributed by atoms with van der Waals surface area (Å²) in [6, 6.07) is 17.5. The molecule has 3 fully saturated rings. The first-order valence-corrected chi connectivity index (χ1v) is 18.4. The predicted molar refractivity (Wildman–Crippen MR) is 209 cm³/mol. The summed E-state index contributed by atoms with van der Waals surface area (Å²) in [5, 5.41) is 6.51. The molecule has 3 heterocycles. The number of para-hydroxylation sites is 2. The van der Waals surface area contributed by atoms with Crippen molar-refractivity contribution in [1.29, 1.82) is 0 Å². The summed E-state index contributed by atoms with van der Waals surface area (Å²) in [5.74, 6) is 1.31. The Morgan fingerprint density at radius 1 is 1.09 bits per heavy atom. The number of carbonyl (C=O) groups excluding carboxylic acids is 3. The zero-order valence-electron chi connectivity index (χ0n) is 32.8. The number of imide groups is 1. The van der Waals surface area contributed by atoms with Crippen molar-refractivity contribution in [1.82, 2.24) is 20.0 Å². The van der Waals surface area contributed by atoms with Crippen molar-refractivity contribution in [2.45, 2.75) is 51.5 Å². The van der Waals surface area contributed by atoms with Gasteiger partial charge in [0, 0.05) is 42.6 Å². The first-order chi connectivity index (χ1) is 25.4. The SMILES string of the molecule is CC1CCC(N2CCN(c3cnn(C(/C=C(\N)c4ccccc4OP(O)O)=C(N)N)c3)C(=O)C2)CC1.O=C1[CH-]CCC(=O)N1.[CH2-]COc1[c-]cccc1.[CH3-].[Cs+].[Na+]. The summed E-state index contributed by atoms with van der Waals surface area (Å²) in [7, 11) is -2.62. The molecule has 2 aliphatic heterocycles. The van der Waals surface area contributed by atoms with Crippen molar-refractivity contribution in [2.24, 2.45) is 23.1 Å². The average molecular weight is 919 g/mol. The van der Waals surface area contributed by atoms with Gasteiger partial charge in [0.25, 0.3) is 0 Å². The van der Waals surface area contributed by atoms with Gasteiger partial charge in [-0.1, -0.05) is 19.1 Å². The van der Waals surface area contributed by atoms with Gasteiger partial charge in [-0.2, -0.15) is 29.7 Å². The Morgan fingerprint density at radius 3 is 2.36 bits per heavy atom. The standard InChI is InChI=1S/C24H34N7O4P.C8H8O.C5H6NO2.CH3.Cs.Na/c1-16-6-8-17(9-7-16)29-10-11-30(23(32)15-29)18-13-28-31(14-18)21(24(26)27)12-20(25)19-4-2-3-5-22(19)35-36(33)34;1-2-9-8-6-4-3-5-7-8;7-4-2-1-3-5(8)6-4;;;/h2-5,12-14,16-17,33-34H,6-11,15,25-27H2,1H3;3-6H,1-2H2;2H,1,3H2,(H,6,7,8);1H3;;/q;-2;2*-1;2*+1/b20-12-;;;;;. The number of ether oxygens (including phenoxy) is 1. The number of carbonyl (C=O) groups is 3. The number of anilines is 1. The summed E-state index contributed by atoms with van der Waals surface area (Å²) < 4.78 is 11.6. The largest absolute Gasteiger partial charge is 1.00 e. The molecule has 56 heavy (non-hydrogen) atoms. The van der Waals surface area contributed by atoms with Gasteiger partial charge in [-0.15, -0.1) is 12.1 Å². The molecule has 0 unspecified atom stereocenters. The minimum Gasteiger partial charge on any atom is -0.551 e. The van der Waals surface area contributed by atoms with Gasteiger partial charge >= 0.3 is 107 Å². The Hall–Kier alpha value is -2.03. The van der Waals surface area contributed by atoms with Crippen molar-refractivity contribution < 1.29 is 132 Å². The van der Waals surface area contributed by atoms with Crippen LogP contribution in [0.5, 0.6) is 11.5 Å². The second-order valence-electron chi connectivity index (χ2n) is 12.6. The summed E-state index contributed by atoms with van der Waals surface area (Å²) >= 11 is 0. The molecule has 0 bridgehead atoms. The Balaban J connectivity index is 0.000000646. The van der Waals surface area contributed by atoms with Crippen LogP contribution in [0.15, 0.2) is 72.8 Å². The minimum atomic E-state index is -2.62. The van der Waals surface area contributed by atoms with Crippen molar-refractivity contribution in [3.05, 3.63) is 105 Å². The third-order valence-corrected chi connectivity index (χ3v) is 9.11. The first-order valence-electron chi connectivity index (χ1n) is 17.3. The molecule has 2 saturated heterocycles. The van der Waals surface area contributed by atoms with Gasteiger partial charge < -0.3 is 72.0 Å². The molecule has 18 heteroatoms. The van der Waals surface area contributed by atoms with Crippen LogP contribution in [0.25, 0.3) is 11.4 Å². The van der Waals surface area contributed by atoms with E-state index in [-0.39, 0.29) is 141 Å². The van der Waals surface area contributed by atoms with Crippen LogP contribution in [0.1, 0.15) is 51.0 Å². The fraction of sp³-hybridized carbons (Fsp3) is 0.342. The van der Waals surface area contributed by atoms with Crippen LogP contribution >= 0.6 is 8.60 Å². The van der Waals surface area contributed by atoms with Crippen LogP contribution in [0, 0.1) is 32.8 Å². The van der Waals surface area contributed by atoms with E-state index in [1.807, 2.05) is 24.3 Å². The molecule has 1 saturated carbocycles. The maximum absolute atomic E-state index is 13.0. The molecule has 6 rings (SSSR count). The molecule has 0 radical (unpaired) electrons. The molecule has 15 nitrogen and oxygen atoms in total. The molecule has 3 aromatic rings. The molecule has 294 valence electrons. The number of nitrogens with one attached hydrogen (secondary N) is 1. The van der Waals surface area contributed by atoms with Crippen LogP contribution in [-0.4, -0.2) is 74.5 Å². The van der Waals surface area contributed by atoms with Gasteiger partial charge in [-0.25, -0.2) is 4.68 Å². The predicted octanol–water partition coefficient (Wildman–Crippen LogP) is -2.47. The van der Waals surface area contributed by atoms with Gasteiger partial charge in [-0.05, 0) is 56.4 Å². The Kier molecular flexibility index (Phi) is 24.9. The Bertz CT molecular complexity index is 1720. The van der Waals surface area contributed by atoms with Gasteiger partial charge in [0.1, 0.15) is 17.3 Å². The second kappa shape index (κ2) is 26.9. The maximum Gasteiger partial charge on any atom is 1.00 e. The van der Waals surface area contributed by atoms with Crippen molar-refractivity contribution in [3.8, 4) is 11.5 Å². The van der Waals surface area contributed by atoms with Gasteiger partial charge in [0.2, 0.25) is 11.8 Å². The maximum atomic E-state index is 13.0. The molecule has 3 aliphatic rings. The summed E-state index contributed by atoms with van der Waals surface area (Å²) in [5.41, 5.74) is 19.8. The van der Waals surface area contributed by atoms with Crippen LogP contribution in [0.4, 0.5) is 5.69 Å². The van der Waals surface area contributed by atoms with E-state index in [9.17, 15) is 24.2 Å².